The predicted molar refractivity (Wildman–Crippen MR) is 99.5 cm³/mol. The summed E-state index contributed by atoms with van der Waals surface area (Å²) in [6.45, 7) is 0.0313. The number of rotatable bonds is 3. The molecule has 0 fully saturated rings. The average molecular weight is 404 g/mol. The molecule has 3 aromatic rings. The third kappa shape index (κ3) is 2.67. The molecule has 0 bridgehead atoms. The van der Waals surface area contributed by atoms with Gasteiger partial charge in [-0.25, -0.2) is 4.98 Å². The van der Waals surface area contributed by atoms with E-state index < -0.39 is 17.4 Å². The molecule has 0 radical (unpaired) electrons. The predicted octanol–water partition coefficient (Wildman–Crippen LogP) is 2.71. The summed E-state index contributed by atoms with van der Waals surface area (Å²) in [6.07, 6.45) is 1.22. The number of fused-ring (bicyclic) bond motifs is 2. The van der Waals surface area contributed by atoms with Gasteiger partial charge in [-0.2, -0.15) is 0 Å². The standard InChI is InChI=1S/C18H11Cl2N3O4/c19-11-7-12(20)15(24)14-13(11)18(27)22(8-21-14)5-6-23-16(25)9-3-1-2-4-10(9)17(23)26/h1-4,7-8,24H,5-6H2. The van der Waals surface area contributed by atoms with Crippen molar-refractivity contribution in [2.75, 3.05) is 6.54 Å². The number of imide groups is 1. The number of halogens is 2. The minimum atomic E-state index is -0.506. The van der Waals surface area contributed by atoms with Gasteiger partial charge >= 0.3 is 0 Å². The van der Waals surface area contributed by atoms with Crippen LogP contribution in [0.15, 0.2) is 41.5 Å². The Hall–Kier alpha value is -2.90. The van der Waals surface area contributed by atoms with Crippen molar-refractivity contribution in [1.82, 2.24) is 14.5 Å². The Kier molecular flexibility index (Phi) is 4.13. The molecule has 27 heavy (non-hydrogen) atoms. The highest BCUT2D eigenvalue weighted by Crippen LogP contribution is 2.34. The summed E-state index contributed by atoms with van der Waals surface area (Å²) in [4.78, 5) is 42.6. The van der Waals surface area contributed by atoms with E-state index in [2.05, 4.69) is 4.98 Å². The molecule has 1 N–H and O–H groups in total. The van der Waals surface area contributed by atoms with Crippen LogP contribution >= 0.6 is 23.2 Å². The van der Waals surface area contributed by atoms with Crippen LogP contribution < -0.4 is 5.56 Å². The number of carbonyl (C=O) groups excluding carboxylic acids is 2. The molecule has 2 heterocycles. The first-order valence-electron chi connectivity index (χ1n) is 7.91. The summed E-state index contributed by atoms with van der Waals surface area (Å²) in [7, 11) is 0. The molecule has 7 nitrogen and oxygen atoms in total. The first-order valence-corrected chi connectivity index (χ1v) is 8.67. The number of phenolic OH excluding ortho intramolecular Hbond substituents is 1. The Morgan fingerprint density at radius 1 is 0.963 bits per heavy atom. The van der Waals surface area contributed by atoms with E-state index in [1.165, 1.54) is 17.0 Å². The highest BCUT2D eigenvalue weighted by atomic mass is 35.5. The molecular weight excluding hydrogens is 393 g/mol. The second-order valence-corrected chi connectivity index (χ2v) is 6.78. The molecule has 1 aliphatic heterocycles. The van der Waals surface area contributed by atoms with E-state index >= 15 is 0 Å². The second-order valence-electron chi connectivity index (χ2n) is 5.96. The second kappa shape index (κ2) is 6.37. The number of nitrogens with zero attached hydrogens (tertiary/aromatic N) is 3. The van der Waals surface area contributed by atoms with Gasteiger partial charge in [0.25, 0.3) is 17.4 Å². The number of amides is 2. The van der Waals surface area contributed by atoms with Gasteiger partial charge in [-0.15, -0.1) is 0 Å². The van der Waals surface area contributed by atoms with Gasteiger partial charge in [-0.1, -0.05) is 35.3 Å². The van der Waals surface area contributed by atoms with Gasteiger partial charge in [0, 0.05) is 13.1 Å². The van der Waals surface area contributed by atoms with Crippen LogP contribution in [0.5, 0.6) is 5.75 Å². The normalized spacial score (nSPS) is 13.5. The lowest BCUT2D eigenvalue weighted by atomic mass is 10.1. The van der Waals surface area contributed by atoms with Crippen LogP contribution in [0.4, 0.5) is 0 Å². The fraction of sp³-hybridized carbons (Fsp3) is 0.111. The van der Waals surface area contributed by atoms with Gasteiger partial charge in [-0.05, 0) is 18.2 Å². The van der Waals surface area contributed by atoms with Crippen LogP contribution in [0.3, 0.4) is 0 Å². The molecular formula is C18H11Cl2N3O4. The molecule has 136 valence electrons. The maximum absolute atomic E-state index is 12.7. The van der Waals surface area contributed by atoms with E-state index in [0.29, 0.717) is 11.1 Å². The van der Waals surface area contributed by atoms with Gasteiger partial charge < -0.3 is 5.11 Å². The highest BCUT2D eigenvalue weighted by molar-refractivity contribution is 6.39. The molecule has 1 aromatic heterocycles. The molecule has 0 saturated carbocycles. The SMILES string of the molecule is O=C1c2ccccc2C(=O)N1CCn1cnc2c(O)c(Cl)cc(Cl)c2c1=O. The molecule has 4 rings (SSSR count). The van der Waals surface area contributed by atoms with Crippen LogP contribution in [0.1, 0.15) is 20.7 Å². The van der Waals surface area contributed by atoms with Crippen LogP contribution in [0.2, 0.25) is 10.0 Å². The molecule has 9 heteroatoms. The maximum Gasteiger partial charge on any atom is 0.262 e. The number of hydrogen-bond acceptors (Lipinski definition) is 5. The molecule has 2 amide bonds. The fourth-order valence-electron chi connectivity index (χ4n) is 3.06. The molecule has 1 aliphatic rings. The zero-order chi connectivity index (χ0) is 19.3. The first kappa shape index (κ1) is 17.5. The fourth-order valence-corrected chi connectivity index (χ4v) is 3.59. The maximum atomic E-state index is 12.7. The Morgan fingerprint density at radius 3 is 2.22 bits per heavy atom. The summed E-state index contributed by atoms with van der Waals surface area (Å²) in [5, 5.41) is 10.0. The minimum absolute atomic E-state index is 0.00334. The lowest BCUT2D eigenvalue weighted by molar-refractivity contribution is 0.0648. The number of carbonyl (C=O) groups is 2. The number of aromatic hydroxyl groups is 1. The summed E-state index contributed by atoms with van der Waals surface area (Å²) in [5.74, 6) is -1.14. The minimum Gasteiger partial charge on any atom is -0.504 e. The topological polar surface area (TPSA) is 92.5 Å². The van der Waals surface area contributed by atoms with Crippen molar-refractivity contribution in [3.8, 4) is 5.75 Å². The molecule has 0 unspecified atom stereocenters. The third-order valence-electron chi connectivity index (χ3n) is 4.42. The summed E-state index contributed by atoms with van der Waals surface area (Å²) >= 11 is 11.9. The smallest absolute Gasteiger partial charge is 0.262 e. The van der Waals surface area contributed by atoms with E-state index in [9.17, 15) is 19.5 Å². The van der Waals surface area contributed by atoms with Crippen LogP contribution in [-0.4, -0.2) is 37.9 Å². The van der Waals surface area contributed by atoms with Crippen LogP contribution in [0.25, 0.3) is 10.9 Å². The van der Waals surface area contributed by atoms with Crippen molar-refractivity contribution in [3.05, 3.63) is 68.2 Å². The van der Waals surface area contributed by atoms with Crippen LogP contribution in [-0.2, 0) is 6.54 Å². The number of benzene rings is 2. The first-order chi connectivity index (χ1) is 12.9. The Morgan fingerprint density at radius 2 is 1.59 bits per heavy atom. The molecule has 0 spiro atoms. The Balaban J connectivity index is 1.66. The quantitative estimate of drug-likeness (QED) is 0.678. The van der Waals surface area contributed by atoms with Crippen molar-refractivity contribution in [2.24, 2.45) is 0 Å². The van der Waals surface area contributed by atoms with Crippen molar-refractivity contribution in [1.29, 1.82) is 0 Å². The van der Waals surface area contributed by atoms with Crippen molar-refractivity contribution >= 4 is 45.9 Å². The summed E-state index contributed by atoms with van der Waals surface area (Å²) in [5.41, 5.74) is 0.172. The Bertz CT molecular complexity index is 1150. The molecule has 0 saturated heterocycles. The van der Waals surface area contributed by atoms with E-state index in [-0.39, 0.29) is 39.8 Å². The number of phenols is 1. The van der Waals surface area contributed by atoms with E-state index in [1.54, 1.807) is 24.3 Å². The number of aromatic nitrogens is 2. The zero-order valence-electron chi connectivity index (χ0n) is 13.6. The van der Waals surface area contributed by atoms with Gasteiger partial charge in [-0.3, -0.25) is 23.9 Å². The van der Waals surface area contributed by atoms with E-state index in [1.807, 2.05) is 0 Å². The van der Waals surface area contributed by atoms with Gasteiger partial charge in [0.1, 0.15) is 5.52 Å². The summed E-state index contributed by atoms with van der Waals surface area (Å²) < 4.78 is 1.23. The largest absolute Gasteiger partial charge is 0.504 e. The van der Waals surface area contributed by atoms with Crippen LogP contribution in [0, 0.1) is 0 Å². The monoisotopic (exact) mass is 403 g/mol. The average Bonchev–Trinajstić information content (AvgIpc) is 2.90. The lowest BCUT2D eigenvalue weighted by Gasteiger charge is -2.15. The Labute approximate surface area is 162 Å². The van der Waals surface area contributed by atoms with Gasteiger partial charge in [0.15, 0.2) is 5.75 Å². The van der Waals surface area contributed by atoms with Crippen molar-refractivity contribution in [2.45, 2.75) is 6.54 Å². The van der Waals surface area contributed by atoms with Gasteiger partial charge in [0.2, 0.25) is 0 Å². The van der Waals surface area contributed by atoms with Gasteiger partial charge in [0.05, 0.1) is 32.9 Å². The zero-order valence-corrected chi connectivity index (χ0v) is 15.2. The third-order valence-corrected chi connectivity index (χ3v) is 5.01. The van der Waals surface area contributed by atoms with Crippen molar-refractivity contribution in [3.63, 3.8) is 0 Å². The summed E-state index contributed by atoms with van der Waals surface area (Å²) in [6, 6.07) is 7.81. The van der Waals surface area contributed by atoms with Crippen molar-refractivity contribution < 1.29 is 14.7 Å². The highest BCUT2D eigenvalue weighted by Gasteiger charge is 2.34. The molecule has 0 aliphatic carbocycles. The van der Waals surface area contributed by atoms with E-state index in [0.717, 1.165) is 4.90 Å². The lowest BCUT2D eigenvalue weighted by Crippen LogP contribution is -2.35. The van der Waals surface area contributed by atoms with E-state index in [4.69, 9.17) is 23.2 Å². The molecule has 0 atom stereocenters. The molecule has 2 aromatic carbocycles. The number of hydrogen-bond donors (Lipinski definition) is 1.